The Hall–Kier alpha value is -1.96. The standard InChI is InChI=1S/C14H11Cl2N3O3S/c1-2-22-13(21)9(7-18-14-17-5-6-23-14)11(20)8-3-4-10(15)19-12(8)16/h3-7H,2H2,1H3,(H,17,18)/b9-7-. The van der Waals surface area contributed by atoms with Crippen LogP contribution in [-0.4, -0.2) is 28.3 Å². The second-order valence-corrected chi connectivity index (χ2v) is 5.70. The second kappa shape index (κ2) is 8.05. The van der Waals surface area contributed by atoms with Gasteiger partial charge in [-0.1, -0.05) is 23.2 Å². The summed E-state index contributed by atoms with van der Waals surface area (Å²) in [4.78, 5) is 32.4. The van der Waals surface area contributed by atoms with Crippen molar-refractivity contribution >= 4 is 51.4 Å². The summed E-state index contributed by atoms with van der Waals surface area (Å²) in [5, 5.41) is 5.12. The van der Waals surface area contributed by atoms with Gasteiger partial charge in [0, 0.05) is 17.8 Å². The summed E-state index contributed by atoms with van der Waals surface area (Å²) < 4.78 is 4.91. The molecule has 1 N–H and O–H groups in total. The molecule has 0 aliphatic carbocycles. The topological polar surface area (TPSA) is 81.2 Å². The van der Waals surface area contributed by atoms with Gasteiger partial charge in [0.15, 0.2) is 5.13 Å². The number of carbonyl (C=O) groups excluding carboxylic acids is 2. The molecule has 2 heterocycles. The number of aromatic nitrogens is 2. The molecule has 0 aliphatic rings. The smallest absolute Gasteiger partial charge is 0.343 e. The number of hydrogen-bond acceptors (Lipinski definition) is 7. The van der Waals surface area contributed by atoms with Gasteiger partial charge in [-0.2, -0.15) is 0 Å². The Bertz CT molecular complexity index is 748. The van der Waals surface area contributed by atoms with Crippen LogP contribution in [0.1, 0.15) is 17.3 Å². The van der Waals surface area contributed by atoms with Crippen molar-refractivity contribution in [2.24, 2.45) is 0 Å². The molecule has 0 aliphatic heterocycles. The van der Waals surface area contributed by atoms with Gasteiger partial charge in [-0.05, 0) is 19.1 Å². The molecule has 9 heteroatoms. The molecular weight excluding hydrogens is 361 g/mol. The maximum absolute atomic E-state index is 12.6. The first-order valence-corrected chi connectivity index (χ1v) is 8.06. The molecule has 0 bridgehead atoms. The molecule has 0 saturated carbocycles. The number of Topliss-reactive ketones (excluding diaryl/α,β-unsaturated/α-hetero) is 1. The third kappa shape index (κ3) is 4.51. The quantitative estimate of drug-likeness (QED) is 0.208. The number of pyridine rings is 1. The lowest BCUT2D eigenvalue weighted by Gasteiger charge is -2.08. The van der Waals surface area contributed by atoms with Gasteiger partial charge in [-0.15, -0.1) is 11.3 Å². The van der Waals surface area contributed by atoms with E-state index in [2.05, 4.69) is 15.3 Å². The lowest BCUT2D eigenvalue weighted by atomic mass is 10.1. The van der Waals surface area contributed by atoms with Crippen LogP contribution < -0.4 is 5.32 Å². The molecular formula is C14H11Cl2N3O3S. The fourth-order valence-electron chi connectivity index (χ4n) is 1.58. The van der Waals surface area contributed by atoms with Crippen molar-refractivity contribution in [2.75, 3.05) is 11.9 Å². The average molecular weight is 372 g/mol. The minimum atomic E-state index is -0.771. The van der Waals surface area contributed by atoms with Crippen LogP contribution in [0.4, 0.5) is 5.13 Å². The van der Waals surface area contributed by atoms with Gasteiger partial charge in [0.1, 0.15) is 15.9 Å². The highest BCUT2D eigenvalue weighted by molar-refractivity contribution is 7.13. The summed E-state index contributed by atoms with van der Waals surface area (Å²) in [6.07, 6.45) is 2.83. The maximum atomic E-state index is 12.6. The highest BCUT2D eigenvalue weighted by atomic mass is 35.5. The van der Waals surface area contributed by atoms with E-state index in [9.17, 15) is 9.59 Å². The number of ether oxygens (including phenoxy) is 1. The number of anilines is 1. The van der Waals surface area contributed by atoms with Crippen molar-refractivity contribution in [3.05, 3.63) is 51.4 Å². The van der Waals surface area contributed by atoms with E-state index < -0.39 is 11.8 Å². The first kappa shape index (κ1) is 17.4. The number of thiazole rings is 1. The fraction of sp³-hybridized carbons (Fsp3) is 0.143. The Morgan fingerprint density at radius 1 is 1.39 bits per heavy atom. The molecule has 6 nitrogen and oxygen atoms in total. The number of esters is 1. The molecule has 0 unspecified atom stereocenters. The van der Waals surface area contributed by atoms with Crippen molar-refractivity contribution in [3.8, 4) is 0 Å². The van der Waals surface area contributed by atoms with Gasteiger partial charge in [0.2, 0.25) is 5.78 Å². The third-order valence-electron chi connectivity index (χ3n) is 2.57. The average Bonchev–Trinajstić information content (AvgIpc) is 3.01. The molecule has 0 radical (unpaired) electrons. The van der Waals surface area contributed by atoms with Crippen LogP contribution in [0.25, 0.3) is 0 Å². The van der Waals surface area contributed by atoms with Crippen LogP contribution in [0, 0.1) is 0 Å². The Kier molecular flexibility index (Phi) is 6.09. The first-order valence-electron chi connectivity index (χ1n) is 6.43. The molecule has 120 valence electrons. The van der Waals surface area contributed by atoms with Crippen LogP contribution in [-0.2, 0) is 9.53 Å². The SMILES string of the molecule is CCOC(=O)/C(=C\Nc1nccs1)C(=O)c1ccc(Cl)nc1Cl. The van der Waals surface area contributed by atoms with E-state index in [0.717, 1.165) is 0 Å². The number of nitrogens with zero attached hydrogens (tertiary/aromatic N) is 2. The van der Waals surface area contributed by atoms with Crippen molar-refractivity contribution in [1.29, 1.82) is 0 Å². The summed E-state index contributed by atoms with van der Waals surface area (Å²) in [5.74, 6) is -1.39. The van der Waals surface area contributed by atoms with E-state index in [-0.39, 0.29) is 28.0 Å². The zero-order valence-electron chi connectivity index (χ0n) is 11.9. The van der Waals surface area contributed by atoms with E-state index in [4.69, 9.17) is 27.9 Å². The van der Waals surface area contributed by atoms with Crippen LogP contribution in [0.3, 0.4) is 0 Å². The van der Waals surface area contributed by atoms with E-state index in [0.29, 0.717) is 5.13 Å². The monoisotopic (exact) mass is 371 g/mol. The number of carbonyl (C=O) groups is 2. The van der Waals surface area contributed by atoms with E-state index in [1.165, 1.54) is 29.7 Å². The number of rotatable bonds is 6. The van der Waals surface area contributed by atoms with Gasteiger partial charge in [-0.25, -0.2) is 14.8 Å². The molecule has 2 aromatic rings. The Balaban J connectivity index is 2.33. The molecule has 0 atom stereocenters. The van der Waals surface area contributed by atoms with Crippen molar-refractivity contribution < 1.29 is 14.3 Å². The van der Waals surface area contributed by atoms with E-state index in [1.54, 1.807) is 18.5 Å². The molecule has 0 fully saturated rings. The zero-order valence-corrected chi connectivity index (χ0v) is 14.2. The second-order valence-electron chi connectivity index (χ2n) is 4.06. The Labute approximate surface area is 146 Å². The number of nitrogens with one attached hydrogen (secondary N) is 1. The van der Waals surface area contributed by atoms with Crippen LogP contribution in [0.15, 0.2) is 35.5 Å². The predicted molar refractivity (Wildman–Crippen MR) is 89.0 cm³/mol. The summed E-state index contributed by atoms with van der Waals surface area (Å²) >= 11 is 12.9. The molecule has 0 amide bonds. The molecule has 2 rings (SSSR count). The van der Waals surface area contributed by atoms with Crippen molar-refractivity contribution in [3.63, 3.8) is 0 Å². The molecule has 0 saturated heterocycles. The highest BCUT2D eigenvalue weighted by Crippen LogP contribution is 2.21. The van der Waals surface area contributed by atoms with Gasteiger partial charge in [0.05, 0.1) is 12.2 Å². The lowest BCUT2D eigenvalue weighted by molar-refractivity contribution is -0.138. The number of hydrogen-bond donors (Lipinski definition) is 1. The molecule has 23 heavy (non-hydrogen) atoms. The van der Waals surface area contributed by atoms with Gasteiger partial charge in [-0.3, -0.25) is 4.79 Å². The fourth-order valence-corrected chi connectivity index (χ4v) is 2.51. The lowest BCUT2D eigenvalue weighted by Crippen LogP contribution is -2.18. The number of ketones is 1. The summed E-state index contributed by atoms with van der Waals surface area (Å²) in [6.45, 7) is 1.78. The molecule has 0 spiro atoms. The zero-order chi connectivity index (χ0) is 16.8. The van der Waals surface area contributed by atoms with E-state index in [1.807, 2.05) is 0 Å². The molecule has 0 aromatic carbocycles. The minimum Gasteiger partial charge on any atom is -0.462 e. The van der Waals surface area contributed by atoms with Gasteiger partial charge in [0.25, 0.3) is 0 Å². The number of halogens is 2. The van der Waals surface area contributed by atoms with Crippen LogP contribution in [0.5, 0.6) is 0 Å². The van der Waals surface area contributed by atoms with Crippen molar-refractivity contribution in [1.82, 2.24) is 9.97 Å². The summed E-state index contributed by atoms with van der Waals surface area (Å²) in [5.41, 5.74) is -0.163. The van der Waals surface area contributed by atoms with Crippen LogP contribution >= 0.6 is 34.5 Å². The van der Waals surface area contributed by atoms with E-state index >= 15 is 0 Å². The Morgan fingerprint density at radius 3 is 2.78 bits per heavy atom. The van der Waals surface area contributed by atoms with Gasteiger partial charge < -0.3 is 10.1 Å². The minimum absolute atomic E-state index is 0.0521. The highest BCUT2D eigenvalue weighted by Gasteiger charge is 2.24. The van der Waals surface area contributed by atoms with Crippen LogP contribution in [0.2, 0.25) is 10.3 Å². The van der Waals surface area contributed by atoms with Crippen molar-refractivity contribution in [2.45, 2.75) is 6.92 Å². The normalized spacial score (nSPS) is 11.2. The van der Waals surface area contributed by atoms with Gasteiger partial charge >= 0.3 is 5.97 Å². The summed E-state index contributed by atoms with van der Waals surface area (Å²) in [6, 6.07) is 2.81. The largest absolute Gasteiger partial charge is 0.462 e. The summed E-state index contributed by atoms with van der Waals surface area (Å²) in [7, 11) is 0. The maximum Gasteiger partial charge on any atom is 0.343 e. The molecule has 2 aromatic heterocycles. The predicted octanol–water partition coefficient (Wildman–Crippen LogP) is 3.59. The third-order valence-corrected chi connectivity index (χ3v) is 3.77. The first-order chi connectivity index (χ1) is 11.0. The Morgan fingerprint density at radius 2 is 2.17 bits per heavy atom.